The van der Waals surface area contributed by atoms with Crippen LogP contribution in [-0.2, 0) is 11.2 Å². The molecule has 4 rings (SSSR count). The van der Waals surface area contributed by atoms with Gasteiger partial charge in [0.2, 0.25) is 5.91 Å². The highest BCUT2D eigenvalue weighted by Gasteiger charge is 2.58. The summed E-state index contributed by atoms with van der Waals surface area (Å²) in [6.45, 7) is 7.88. The zero-order valence-electron chi connectivity index (χ0n) is 13.9. The summed E-state index contributed by atoms with van der Waals surface area (Å²) >= 11 is 1.79. The van der Waals surface area contributed by atoms with E-state index in [-0.39, 0.29) is 0 Å². The number of rotatable bonds is 3. The van der Waals surface area contributed by atoms with Crippen molar-refractivity contribution in [3.05, 3.63) is 11.1 Å². The number of hydrogen-bond acceptors (Lipinski definition) is 5. The van der Waals surface area contributed by atoms with Crippen molar-refractivity contribution in [1.82, 2.24) is 15.2 Å². The Morgan fingerprint density at radius 2 is 2.09 bits per heavy atom. The molecule has 1 atom stereocenters. The Balaban J connectivity index is 1.32. The van der Waals surface area contributed by atoms with Crippen molar-refractivity contribution in [1.29, 1.82) is 0 Å². The molecule has 1 aromatic rings. The Hall–Kier alpha value is -1.14. The lowest BCUT2D eigenvalue weighted by atomic mass is 9.91. The Morgan fingerprint density at radius 1 is 1.35 bits per heavy atom. The summed E-state index contributed by atoms with van der Waals surface area (Å²) < 4.78 is 0. The third-order valence-electron chi connectivity index (χ3n) is 5.84. The summed E-state index contributed by atoms with van der Waals surface area (Å²) in [6, 6.07) is 0. The molecule has 1 amide bonds. The van der Waals surface area contributed by atoms with Gasteiger partial charge in [-0.05, 0) is 44.2 Å². The predicted octanol–water partition coefficient (Wildman–Crippen LogP) is 1.74. The summed E-state index contributed by atoms with van der Waals surface area (Å²) in [5, 5.41) is 4.53. The number of thiazole rings is 1. The van der Waals surface area contributed by atoms with E-state index in [1.165, 1.54) is 17.7 Å². The predicted molar refractivity (Wildman–Crippen MR) is 92.9 cm³/mol. The monoisotopic (exact) mass is 334 g/mol. The van der Waals surface area contributed by atoms with E-state index in [1.807, 2.05) is 6.20 Å². The smallest absolute Gasteiger partial charge is 0.226 e. The van der Waals surface area contributed by atoms with Crippen LogP contribution in [0.25, 0.3) is 0 Å². The number of carbonyl (C=O) groups excluding carboxylic acids is 1. The number of piperazine rings is 1. The maximum Gasteiger partial charge on any atom is 0.226 e. The van der Waals surface area contributed by atoms with Crippen LogP contribution in [-0.4, -0.2) is 55.1 Å². The first-order valence-corrected chi connectivity index (χ1v) is 9.73. The zero-order chi connectivity index (χ0) is 15.9. The number of anilines is 1. The SMILES string of the molecule is CCc1cnc(N2CCN(C(=O)C3CC34CCNCC4)CC2)s1. The second-order valence-corrected chi connectivity index (χ2v) is 8.24. The molecule has 0 bridgehead atoms. The molecule has 2 aliphatic heterocycles. The van der Waals surface area contributed by atoms with Gasteiger partial charge in [-0.1, -0.05) is 6.92 Å². The molecular weight excluding hydrogens is 308 g/mol. The molecule has 5 nitrogen and oxygen atoms in total. The summed E-state index contributed by atoms with van der Waals surface area (Å²) in [5.74, 6) is 0.725. The van der Waals surface area contributed by atoms with Crippen molar-refractivity contribution in [2.75, 3.05) is 44.2 Å². The molecule has 1 N–H and O–H groups in total. The molecule has 0 aromatic carbocycles. The van der Waals surface area contributed by atoms with Crippen molar-refractivity contribution >= 4 is 22.4 Å². The third-order valence-corrected chi connectivity index (χ3v) is 7.04. The largest absolute Gasteiger partial charge is 0.345 e. The van der Waals surface area contributed by atoms with Gasteiger partial charge in [-0.15, -0.1) is 11.3 Å². The lowest BCUT2D eigenvalue weighted by molar-refractivity contribution is -0.133. The van der Waals surface area contributed by atoms with Crippen LogP contribution in [0.15, 0.2) is 6.20 Å². The number of piperidine rings is 1. The van der Waals surface area contributed by atoms with E-state index in [9.17, 15) is 4.79 Å². The Morgan fingerprint density at radius 3 is 2.74 bits per heavy atom. The summed E-state index contributed by atoms with van der Waals surface area (Å²) in [7, 11) is 0. The van der Waals surface area contributed by atoms with Gasteiger partial charge in [0.1, 0.15) is 0 Å². The van der Waals surface area contributed by atoms with Crippen LogP contribution in [0.3, 0.4) is 0 Å². The van der Waals surface area contributed by atoms with Crippen LogP contribution < -0.4 is 10.2 Å². The number of carbonyl (C=O) groups is 1. The molecule has 2 saturated heterocycles. The highest BCUT2D eigenvalue weighted by Crippen LogP contribution is 2.59. The zero-order valence-corrected chi connectivity index (χ0v) is 14.7. The standard InChI is InChI=1S/C17H26N4OS/c1-2-13-12-19-16(23-13)21-9-7-20(8-10-21)15(22)14-11-17(14)3-5-18-6-4-17/h12,14,18H,2-11H2,1H3. The van der Waals surface area contributed by atoms with Gasteiger partial charge in [-0.3, -0.25) is 4.79 Å². The quantitative estimate of drug-likeness (QED) is 0.915. The second-order valence-electron chi connectivity index (χ2n) is 7.14. The molecule has 1 unspecified atom stereocenters. The van der Waals surface area contributed by atoms with E-state index < -0.39 is 0 Å². The Kier molecular flexibility index (Phi) is 4.05. The van der Waals surface area contributed by atoms with Crippen LogP contribution in [0.4, 0.5) is 5.13 Å². The molecule has 3 fully saturated rings. The van der Waals surface area contributed by atoms with Crippen molar-refractivity contribution in [2.45, 2.75) is 32.6 Å². The first kappa shape index (κ1) is 15.4. The highest BCUT2D eigenvalue weighted by molar-refractivity contribution is 7.15. The Bertz CT molecular complexity index is 573. The van der Waals surface area contributed by atoms with Crippen LogP contribution in [0.2, 0.25) is 0 Å². The van der Waals surface area contributed by atoms with E-state index in [1.54, 1.807) is 11.3 Å². The number of nitrogens with one attached hydrogen (secondary N) is 1. The van der Waals surface area contributed by atoms with Gasteiger partial charge >= 0.3 is 0 Å². The lowest BCUT2D eigenvalue weighted by Gasteiger charge is -2.35. The fourth-order valence-corrected chi connectivity index (χ4v) is 5.02. The van der Waals surface area contributed by atoms with E-state index in [2.05, 4.69) is 27.0 Å². The molecule has 0 radical (unpaired) electrons. The van der Waals surface area contributed by atoms with Gasteiger partial charge in [-0.2, -0.15) is 0 Å². The van der Waals surface area contributed by atoms with Crippen molar-refractivity contribution in [3.63, 3.8) is 0 Å². The number of nitrogens with zero attached hydrogens (tertiary/aromatic N) is 3. The molecular formula is C17H26N4OS. The minimum absolute atomic E-state index is 0.308. The van der Waals surface area contributed by atoms with Crippen molar-refractivity contribution in [3.8, 4) is 0 Å². The number of hydrogen-bond donors (Lipinski definition) is 1. The van der Waals surface area contributed by atoms with Gasteiger partial charge in [0.15, 0.2) is 5.13 Å². The molecule has 3 aliphatic rings. The average Bonchev–Trinajstić information content (AvgIpc) is 3.08. The summed E-state index contributed by atoms with van der Waals surface area (Å²) in [4.78, 5) is 23.1. The lowest BCUT2D eigenvalue weighted by Crippen LogP contribution is -2.49. The maximum absolute atomic E-state index is 12.8. The molecule has 1 aliphatic carbocycles. The van der Waals surface area contributed by atoms with Gasteiger partial charge < -0.3 is 15.1 Å². The maximum atomic E-state index is 12.8. The number of aromatic nitrogens is 1. The van der Waals surface area contributed by atoms with E-state index in [4.69, 9.17) is 0 Å². The minimum Gasteiger partial charge on any atom is -0.345 e. The second kappa shape index (κ2) is 6.06. The molecule has 1 spiro atoms. The number of aryl methyl sites for hydroxylation is 1. The van der Waals surface area contributed by atoms with Crippen LogP contribution in [0, 0.1) is 11.3 Å². The normalized spacial score (nSPS) is 26.6. The van der Waals surface area contributed by atoms with Crippen molar-refractivity contribution in [2.24, 2.45) is 11.3 Å². The van der Waals surface area contributed by atoms with E-state index >= 15 is 0 Å². The first-order chi connectivity index (χ1) is 11.2. The molecule has 6 heteroatoms. The molecule has 3 heterocycles. The van der Waals surface area contributed by atoms with Gasteiger partial charge in [-0.25, -0.2) is 4.98 Å². The highest BCUT2D eigenvalue weighted by atomic mass is 32.1. The van der Waals surface area contributed by atoms with E-state index in [0.717, 1.165) is 57.2 Å². The first-order valence-electron chi connectivity index (χ1n) is 8.91. The Labute approximate surface area is 142 Å². The summed E-state index contributed by atoms with van der Waals surface area (Å²) in [5.41, 5.74) is 0.352. The summed E-state index contributed by atoms with van der Waals surface area (Å²) in [6.07, 6.45) is 6.53. The van der Waals surface area contributed by atoms with Crippen LogP contribution >= 0.6 is 11.3 Å². The molecule has 23 heavy (non-hydrogen) atoms. The van der Waals surface area contributed by atoms with Gasteiger partial charge in [0.05, 0.1) is 0 Å². The van der Waals surface area contributed by atoms with E-state index in [0.29, 0.717) is 17.2 Å². The third kappa shape index (κ3) is 2.87. The van der Waals surface area contributed by atoms with Gasteiger partial charge in [0.25, 0.3) is 0 Å². The van der Waals surface area contributed by atoms with Gasteiger partial charge in [0, 0.05) is 43.2 Å². The fourth-order valence-electron chi connectivity index (χ4n) is 4.12. The molecule has 126 valence electrons. The molecule has 1 aromatic heterocycles. The van der Waals surface area contributed by atoms with Crippen LogP contribution in [0.1, 0.15) is 31.1 Å². The fraction of sp³-hybridized carbons (Fsp3) is 0.765. The number of amides is 1. The van der Waals surface area contributed by atoms with Crippen molar-refractivity contribution < 1.29 is 4.79 Å². The average molecular weight is 334 g/mol. The van der Waals surface area contributed by atoms with Crippen LogP contribution in [0.5, 0.6) is 0 Å². The minimum atomic E-state index is 0.308. The topological polar surface area (TPSA) is 48.5 Å². The molecule has 1 saturated carbocycles.